The van der Waals surface area contributed by atoms with Crippen molar-refractivity contribution in [3.05, 3.63) is 41.2 Å². The molecular formula is C21H27NO7. The van der Waals surface area contributed by atoms with Crippen molar-refractivity contribution in [2.24, 2.45) is 0 Å². The molecule has 0 aliphatic carbocycles. The fourth-order valence-corrected chi connectivity index (χ4v) is 3.24. The van der Waals surface area contributed by atoms with Crippen LogP contribution in [0.1, 0.15) is 25.3 Å². The number of hydrogen-bond acceptors (Lipinski definition) is 8. The van der Waals surface area contributed by atoms with Gasteiger partial charge in [-0.1, -0.05) is 6.07 Å². The van der Waals surface area contributed by atoms with Crippen molar-refractivity contribution in [3.8, 4) is 17.2 Å². The van der Waals surface area contributed by atoms with Gasteiger partial charge in [0.05, 0.1) is 52.6 Å². The molecule has 8 nitrogen and oxygen atoms in total. The van der Waals surface area contributed by atoms with Crippen molar-refractivity contribution in [3.63, 3.8) is 0 Å². The molecular weight excluding hydrogens is 378 g/mol. The van der Waals surface area contributed by atoms with Crippen LogP contribution >= 0.6 is 0 Å². The maximum Gasteiger partial charge on any atom is 0.336 e. The Kier molecular flexibility index (Phi) is 7.14. The highest BCUT2D eigenvalue weighted by Crippen LogP contribution is 2.47. The first kappa shape index (κ1) is 22.1. The van der Waals surface area contributed by atoms with E-state index < -0.39 is 17.9 Å². The fourth-order valence-electron chi connectivity index (χ4n) is 3.24. The summed E-state index contributed by atoms with van der Waals surface area (Å²) in [7, 11) is 7.06. The molecule has 0 aromatic heterocycles. The molecule has 0 saturated carbocycles. The highest BCUT2D eigenvalue weighted by Gasteiger charge is 2.38. The summed E-state index contributed by atoms with van der Waals surface area (Å²) in [6.07, 6.45) is 3.34. The van der Waals surface area contributed by atoms with E-state index in [1.54, 1.807) is 29.4 Å². The third kappa shape index (κ3) is 4.16. The molecule has 0 N–H and O–H groups in total. The number of nitrogens with zero attached hydrogens (tertiary/aromatic N) is 1. The van der Waals surface area contributed by atoms with Crippen molar-refractivity contribution < 1.29 is 33.3 Å². The highest BCUT2D eigenvalue weighted by atomic mass is 16.5. The van der Waals surface area contributed by atoms with Crippen LogP contribution in [0.2, 0.25) is 0 Å². The van der Waals surface area contributed by atoms with Crippen molar-refractivity contribution in [2.75, 3.05) is 35.5 Å². The molecule has 0 fully saturated rings. The molecule has 0 atom stereocenters. The molecule has 0 bridgehead atoms. The zero-order valence-electron chi connectivity index (χ0n) is 17.8. The van der Waals surface area contributed by atoms with Crippen molar-refractivity contribution in [2.45, 2.75) is 25.8 Å². The lowest BCUT2D eigenvalue weighted by Gasteiger charge is -2.32. The SMILES string of the molecule is COC(=O)C1=CN(C(C)C)C=C(C(=O)OC)C1c1ccc(OC)c(OC)c1OC. The van der Waals surface area contributed by atoms with E-state index in [0.29, 0.717) is 22.8 Å². The molecule has 158 valence electrons. The van der Waals surface area contributed by atoms with E-state index in [9.17, 15) is 9.59 Å². The predicted octanol–water partition coefficient (Wildman–Crippen LogP) is 2.63. The van der Waals surface area contributed by atoms with Gasteiger partial charge in [-0.3, -0.25) is 0 Å². The second-order valence-electron chi connectivity index (χ2n) is 6.55. The second-order valence-corrected chi connectivity index (χ2v) is 6.55. The Morgan fingerprint density at radius 2 is 1.34 bits per heavy atom. The zero-order chi connectivity index (χ0) is 21.7. The average molecular weight is 405 g/mol. The quantitative estimate of drug-likeness (QED) is 0.640. The van der Waals surface area contributed by atoms with Crippen molar-refractivity contribution >= 4 is 11.9 Å². The number of esters is 2. The summed E-state index contributed by atoms with van der Waals surface area (Å²) in [5, 5.41) is 0. The second kappa shape index (κ2) is 9.36. The van der Waals surface area contributed by atoms with Gasteiger partial charge >= 0.3 is 11.9 Å². The lowest BCUT2D eigenvalue weighted by atomic mass is 9.82. The summed E-state index contributed by atoms with van der Waals surface area (Å²) in [5.41, 5.74) is 1.09. The molecule has 0 spiro atoms. The Balaban J connectivity index is 2.80. The minimum atomic E-state index is -0.778. The first-order valence-corrected chi connectivity index (χ1v) is 9.00. The minimum Gasteiger partial charge on any atom is -0.493 e. The topological polar surface area (TPSA) is 83.5 Å². The summed E-state index contributed by atoms with van der Waals surface area (Å²) in [6, 6.07) is 3.42. The number of carbonyl (C=O) groups excluding carboxylic acids is 2. The molecule has 0 saturated heterocycles. The van der Waals surface area contributed by atoms with Gasteiger partial charge in [0.2, 0.25) is 5.75 Å². The van der Waals surface area contributed by atoms with Crippen molar-refractivity contribution in [1.82, 2.24) is 4.90 Å². The van der Waals surface area contributed by atoms with Crippen LogP contribution in [0.3, 0.4) is 0 Å². The number of carbonyl (C=O) groups is 2. The molecule has 0 radical (unpaired) electrons. The Labute approximate surface area is 170 Å². The summed E-state index contributed by atoms with van der Waals surface area (Å²) in [4.78, 5) is 27.1. The van der Waals surface area contributed by atoms with Gasteiger partial charge < -0.3 is 28.6 Å². The highest BCUT2D eigenvalue weighted by molar-refractivity contribution is 5.99. The van der Waals surface area contributed by atoms with Crippen molar-refractivity contribution in [1.29, 1.82) is 0 Å². The lowest BCUT2D eigenvalue weighted by molar-refractivity contribution is -0.137. The van der Waals surface area contributed by atoms with Gasteiger partial charge in [0.25, 0.3) is 0 Å². The Bertz CT molecular complexity index is 808. The molecule has 0 unspecified atom stereocenters. The molecule has 1 heterocycles. The Morgan fingerprint density at radius 1 is 0.828 bits per heavy atom. The van der Waals surface area contributed by atoms with Gasteiger partial charge in [0.1, 0.15) is 0 Å². The first-order chi connectivity index (χ1) is 13.8. The number of methoxy groups -OCH3 is 5. The van der Waals surface area contributed by atoms with Gasteiger partial charge in [0, 0.05) is 24.0 Å². The summed E-state index contributed by atoms with van der Waals surface area (Å²) >= 11 is 0. The van der Waals surface area contributed by atoms with Gasteiger partial charge in [-0.2, -0.15) is 0 Å². The number of ether oxygens (including phenoxy) is 5. The molecule has 1 aromatic rings. The smallest absolute Gasteiger partial charge is 0.336 e. The maximum absolute atomic E-state index is 12.7. The van der Waals surface area contributed by atoms with Crippen LogP contribution in [0.15, 0.2) is 35.7 Å². The Morgan fingerprint density at radius 3 is 1.72 bits per heavy atom. The summed E-state index contributed by atoms with van der Waals surface area (Å²) in [6.45, 7) is 3.88. The van der Waals surface area contributed by atoms with Gasteiger partial charge in [0.15, 0.2) is 11.5 Å². The van der Waals surface area contributed by atoms with E-state index >= 15 is 0 Å². The van der Waals surface area contributed by atoms with E-state index in [0.717, 1.165) is 0 Å². The minimum absolute atomic E-state index is 0.00237. The van der Waals surface area contributed by atoms with Crippen LogP contribution in [0, 0.1) is 0 Å². The van der Waals surface area contributed by atoms with Crippen LogP contribution in [0.5, 0.6) is 17.2 Å². The fraction of sp³-hybridized carbons (Fsp3) is 0.429. The largest absolute Gasteiger partial charge is 0.493 e. The third-order valence-electron chi connectivity index (χ3n) is 4.68. The molecule has 0 amide bonds. The first-order valence-electron chi connectivity index (χ1n) is 9.00. The zero-order valence-corrected chi connectivity index (χ0v) is 17.8. The number of rotatable bonds is 7. The van der Waals surface area contributed by atoms with E-state index in [1.165, 1.54) is 35.5 Å². The molecule has 1 aliphatic heterocycles. The van der Waals surface area contributed by atoms with E-state index in [2.05, 4.69) is 0 Å². The molecule has 29 heavy (non-hydrogen) atoms. The predicted molar refractivity (Wildman–Crippen MR) is 106 cm³/mol. The van der Waals surface area contributed by atoms with E-state index in [-0.39, 0.29) is 17.2 Å². The van der Waals surface area contributed by atoms with Gasteiger partial charge in [-0.25, -0.2) is 9.59 Å². The van der Waals surface area contributed by atoms with Crippen LogP contribution in [-0.4, -0.2) is 58.4 Å². The standard InChI is InChI=1S/C21H27NO7/c1-12(2)22-10-14(20(23)28-6)17(15(11-22)21(24)29-7)13-8-9-16(25-3)19(27-5)18(13)26-4/h8-12,17H,1-7H3. The Hall–Kier alpha value is -3.16. The maximum atomic E-state index is 12.7. The monoisotopic (exact) mass is 405 g/mol. The van der Waals surface area contributed by atoms with Gasteiger partial charge in [-0.15, -0.1) is 0 Å². The van der Waals surface area contributed by atoms with Crippen LogP contribution in [-0.2, 0) is 19.1 Å². The summed E-state index contributed by atoms with van der Waals surface area (Å²) < 4.78 is 26.4. The third-order valence-corrected chi connectivity index (χ3v) is 4.68. The summed E-state index contributed by atoms with van der Waals surface area (Å²) in [5.74, 6) is -0.745. The number of benzene rings is 1. The van der Waals surface area contributed by atoms with Gasteiger partial charge in [-0.05, 0) is 19.9 Å². The molecule has 8 heteroatoms. The lowest BCUT2D eigenvalue weighted by Crippen LogP contribution is -2.31. The molecule has 1 aromatic carbocycles. The molecule has 2 rings (SSSR count). The molecule has 1 aliphatic rings. The normalized spacial score (nSPS) is 14.1. The van der Waals surface area contributed by atoms with Crippen LogP contribution < -0.4 is 14.2 Å². The van der Waals surface area contributed by atoms with E-state index in [4.69, 9.17) is 23.7 Å². The van der Waals surface area contributed by atoms with Crippen LogP contribution in [0.4, 0.5) is 0 Å². The van der Waals surface area contributed by atoms with E-state index in [1.807, 2.05) is 13.8 Å². The number of hydrogen-bond donors (Lipinski definition) is 0. The van der Waals surface area contributed by atoms with Crippen LogP contribution in [0.25, 0.3) is 0 Å². The average Bonchev–Trinajstić information content (AvgIpc) is 2.75.